The predicted molar refractivity (Wildman–Crippen MR) is 86.3 cm³/mol. The average molecular weight is 361 g/mol. The van der Waals surface area contributed by atoms with E-state index in [1.165, 1.54) is 19.3 Å². The van der Waals surface area contributed by atoms with E-state index in [-0.39, 0.29) is 12.6 Å². The Balaban J connectivity index is 2.38. The summed E-state index contributed by atoms with van der Waals surface area (Å²) in [6.45, 7) is 1.41. The minimum atomic E-state index is -4.62. The van der Waals surface area contributed by atoms with Crippen LogP contribution in [0, 0.1) is 0 Å². The number of hydrogen-bond donors (Lipinski definition) is 2. The molecule has 0 aliphatic rings. The highest BCUT2D eigenvalue weighted by molar-refractivity contribution is 5.81. The molecule has 1 aromatic rings. The summed E-state index contributed by atoms with van der Waals surface area (Å²) in [6.07, 6.45) is -3.70. The summed E-state index contributed by atoms with van der Waals surface area (Å²) >= 11 is 0. The first kappa shape index (κ1) is 21.0. The summed E-state index contributed by atoms with van der Waals surface area (Å²) in [5.41, 5.74) is 0.916. The third-order valence-electron chi connectivity index (χ3n) is 3.30. The molecule has 140 valence electrons. The van der Waals surface area contributed by atoms with Gasteiger partial charge in [-0.25, -0.2) is 4.79 Å². The Hall–Kier alpha value is -2.06. The topological polar surface area (TPSA) is 67.8 Å². The van der Waals surface area contributed by atoms with Gasteiger partial charge < -0.3 is 19.9 Å². The number of rotatable bonds is 9. The Labute approximate surface area is 144 Å². The van der Waals surface area contributed by atoms with E-state index in [0.29, 0.717) is 12.2 Å². The first-order chi connectivity index (χ1) is 11.7. The highest BCUT2D eigenvalue weighted by Crippen LogP contribution is 2.19. The number of carbonyl (C=O) groups excluding carboxylic acids is 1. The molecular formula is C17H22F3NO4. The number of carbonyl (C=O) groups is 1. The molecule has 1 rings (SSSR count). The second kappa shape index (κ2) is 10.0. The zero-order chi connectivity index (χ0) is 18.9. The zero-order valence-electron chi connectivity index (χ0n) is 14.0. The Morgan fingerprint density at radius 2 is 1.96 bits per heavy atom. The number of aliphatic hydroxyl groups is 1. The van der Waals surface area contributed by atoms with Crippen LogP contribution in [0.3, 0.4) is 0 Å². The second-order valence-corrected chi connectivity index (χ2v) is 5.45. The van der Waals surface area contributed by atoms with Crippen LogP contribution in [0.4, 0.5) is 13.2 Å². The Kier molecular flexibility index (Phi) is 8.44. The Morgan fingerprint density at radius 1 is 1.32 bits per heavy atom. The molecule has 5 nitrogen and oxygen atoms in total. The largest absolute Gasteiger partial charge is 0.490 e. The second-order valence-electron chi connectivity index (χ2n) is 5.45. The first-order valence-corrected chi connectivity index (χ1v) is 7.66. The maximum absolute atomic E-state index is 12.2. The van der Waals surface area contributed by atoms with E-state index in [0.717, 1.165) is 5.56 Å². The molecule has 0 aliphatic carbocycles. The minimum absolute atomic E-state index is 0.210. The van der Waals surface area contributed by atoms with Gasteiger partial charge in [0.1, 0.15) is 12.4 Å². The van der Waals surface area contributed by atoms with Crippen LogP contribution < -0.4 is 10.1 Å². The third kappa shape index (κ3) is 8.55. The number of benzene rings is 1. The van der Waals surface area contributed by atoms with Crippen LogP contribution in [0.25, 0.3) is 0 Å². The number of methoxy groups -OCH3 is 1. The highest BCUT2D eigenvalue weighted by Gasteiger charge is 2.37. The fraction of sp³-hybridized carbons (Fsp3) is 0.471. The van der Waals surface area contributed by atoms with E-state index in [2.05, 4.69) is 10.1 Å². The molecule has 0 saturated carbocycles. The van der Waals surface area contributed by atoms with Crippen molar-refractivity contribution in [3.63, 3.8) is 0 Å². The van der Waals surface area contributed by atoms with Gasteiger partial charge in [-0.1, -0.05) is 12.1 Å². The highest BCUT2D eigenvalue weighted by atomic mass is 19.4. The summed E-state index contributed by atoms with van der Waals surface area (Å²) in [7, 11) is 1.28. The van der Waals surface area contributed by atoms with Gasteiger partial charge in [0.2, 0.25) is 0 Å². The molecule has 2 N–H and O–H groups in total. The third-order valence-corrected chi connectivity index (χ3v) is 3.30. The van der Waals surface area contributed by atoms with Crippen molar-refractivity contribution < 1.29 is 32.5 Å². The van der Waals surface area contributed by atoms with Crippen molar-refractivity contribution in [2.45, 2.75) is 31.7 Å². The first-order valence-electron chi connectivity index (χ1n) is 7.66. The molecular weight excluding hydrogens is 339 g/mol. The molecule has 0 fully saturated rings. The lowest BCUT2D eigenvalue weighted by atomic mass is 10.1. The molecule has 8 heteroatoms. The summed E-state index contributed by atoms with van der Waals surface area (Å²) in [5.74, 6) is 0.141. The molecule has 0 aromatic heterocycles. The standard InChI is InChI=1S/C17H22F3NO4/c1-12(21-11-15(22)17(18,19)20)10-13-5-7-14(8-6-13)25-9-3-4-16(23)24-2/h3-8,12,15,21-22H,9-11H2,1-2H3/b4-3+. The molecule has 2 atom stereocenters. The van der Waals surface area contributed by atoms with E-state index < -0.39 is 24.8 Å². The quantitative estimate of drug-likeness (QED) is 0.522. The van der Waals surface area contributed by atoms with Gasteiger partial charge >= 0.3 is 12.1 Å². The van der Waals surface area contributed by atoms with E-state index in [4.69, 9.17) is 9.84 Å². The fourth-order valence-electron chi connectivity index (χ4n) is 1.93. The SMILES string of the molecule is COC(=O)/C=C/COc1ccc(CC(C)NCC(O)C(F)(F)F)cc1. The molecule has 2 unspecified atom stereocenters. The van der Waals surface area contributed by atoms with Crippen molar-refractivity contribution in [2.75, 3.05) is 20.3 Å². The van der Waals surface area contributed by atoms with E-state index in [1.54, 1.807) is 31.2 Å². The van der Waals surface area contributed by atoms with Gasteiger partial charge in [0.05, 0.1) is 7.11 Å². The molecule has 25 heavy (non-hydrogen) atoms. The lowest BCUT2D eigenvalue weighted by Crippen LogP contribution is -2.42. The maximum atomic E-state index is 12.2. The van der Waals surface area contributed by atoms with Gasteiger partial charge in [-0.3, -0.25) is 0 Å². The number of ether oxygens (including phenoxy) is 2. The predicted octanol–water partition coefficient (Wildman–Crippen LogP) is 2.24. The number of halogens is 3. The number of aliphatic hydroxyl groups excluding tert-OH is 1. The Morgan fingerprint density at radius 3 is 2.52 bits per heavy atom. The van der Waals surface area contributed by atoms with Gasteiger partial charge in [0.15, 0.2) is 6.10 Å². The number of nitrogens with one attached hydrogen (secondary N) is 1. The summed E-state index contributed by atoms with van der Waals surface area (Å²) in [4.78, 5) is 10.9. The van der Waals surface area contributed by atoms with Crippen LogP contribution in [0.1, 0.15) is 12.5 Å². The molecule has 0 bridgehead atoms. The zero-order valence-corrected chi connectivity index (χ0v) is 14.0. The van der Waals surface area contributed by atoms with Crippen LogP contribution in [-0.4, -0.2) is 49.7 Å². The average Bonchev–Trinajstić information content (AvgIpc) is 2.56. The van der Waals surface area contributed by atoms with Crippen molar-refractivity contribution in [1.29, 1.82) is 0 Å². The number of esters is 1. The van der Waals surface area contributed by atoms with Gasteiger partial charge in [0.25, 0.3) is 0 Å². The van der Waals surface area contributed by atoms with Gasteiger partial charge in [-0.05, 0) is 37.1 Å². The van der Waals surface area contributed by atoms with Crippen molar-refractivity contribution in [2.24, 2.45) is 0 Å². The molecule has 0 aliphatic heterocycles. The van der Waals surface area contributed by atoms with Crippen LogP contribution >= 0.6 is 0 Å². The van der Waals surface area contributed by atoms with E-state index >= 15 is 0 Å². The smallest absolute Gasteiger partial charge is 0.415 e. The van der Waals surface area contributed by atoms with Crippen molar-refractivity contribution >= 4 is 5.97 Å². The molecule has 1 aromatic carbocycles. The van der Waals surface area contributed by atoms with E-state index in [9.17, 15) is 18.0 Å². The van der Waals surface area contributed by atoms with E-state index in [1.807, 2.05) is 0 Å². The molecule has 0 radical (unpaired) electrons. The number of hydrogen-bond acceptors (Lipinski definition) is 5. The molecule has 0 heterocycles. The molecule has 0 saturated heterocycles. The van der Waals surface area contributed by atoms with Crippen LogP contribution in [0.5, 0.6) is 5.75 Å². The lowest BCUT2D eigenvalue weighted by Gasteiger charge is -2.19. The fourth-order valence-corrected chi connectivity index (χ4v) is 1.93. The lowest BCUT2D eigenvalue weighted by molar-refractivity contribution is -0.202. The van der Waals surface area contributed by atoms with Crippen molar-refractivity contribution in [1.82, 2.24) is 5.32 Å². The normalized spacial score (nSPS) is 14.3. The monoisotopic (exact) mass is 361 g/mol. The van der Waals surface area contributed by atoms with Crippen molar-refractivity contribution in [3.05, 3.63) is 42.0 Å². The van der Waals surface area contributed by atoms with Crippen molar-refractivity contribution in [3.8, 4) is 5.75 Å². The molecule has 0 amide bonds. The van der Waals surface area contributed by atoms with Crippen LogP contribution in [0.2, 0.25) is 0 Å². The maximum Gasteiger partial charge on any atom is 0.415 e. The Bertz CT molecular complexity index is 558. The van der Waals surface area contributed by atoms with Gasteiger partial charge in [-0.15, -0.1) is 0 Å². The van der Waals surface area contributed by atoms with Crippen LogP contribution in [-0.2, 0) is 16.0 Å². The minimum Gasteiger partial charge on any atom is -0.490 e. The van der Waals surface area contributed by atoms with Gasteiger partial charge in [0, 0.05) is 18.7 Å². The number of alkyl halides is 3. The summed E-state index contributed by atoms with van der Waals surface area (Å²) < 4.78 is 46.5. The summed E-state index contributed by atoms with van der Waals surface area (Å²) in [5, 5.41) is 11.6. The molecule has 0 spiro atoms. The van der Waals surface area contributed by atoms with Crippen LogP contribution in [0.15, 0.2) is 36.4 Å². The summed E-state index contributed by atoms with van der Waals surface area (Å²) in [6, 6.07) is 6.85. The van der Waals surface area contributed by atoms with Gasteiger partial charge in [-0.2, -0.15) is 13.2 Å².